The number of nitrogens with zero attached hydrogens (tertiary/aromatic N) is 5. The van der Waals surface area contributed by atoms with E-state index in [0.29, 0.717) is 18.1 Å². The first-order valence-electron chi connectivity index (χ1n) is 8.00. The van der Waals surface area contributed by atoms with E-state index in [1.807, 2.05) is 16.8 Å². The smallest absolute Gasteiger partial charge is 0.280 e. The van der Waals surface area contributed by atoms with Crippen LogP contribution in [0.15, 0.2) is 51.8 Å². The molecule has 1 N–H and O–H groups in total. The lowest BCUT2D eigenvalue weighted by Gasteiger charge is -2.05. The average Bonchev–Trinajstić information content (AvgIpc) is 3.42. The van der Waals surface area contributed by atoms with Gasteiger partial charge in [-0.3, -0.25) is 4.79 Å². The highest BCUT2D eigenvalue weighted by Gasteiger charge is 2.14. The quantitative estimate of drug-likeness (QED) is 0.549. The summed E-state index contributed by atoms with van der Waals surface area (Å²) >= 11 is 1.54. The summed E-state index contributed by atoms with van der Waals surface area (Å²) in [4.78, 5) is 16.3. The zero-order valence-corrected chi connectivity index (χ0v) is 14.7. The summed E-state index contributed by atoms with van der Waals surface area (Å²) in [5.41, 5.74) is 1.31. The summed E-state index contributed by atoms with van der Waals surface area (Å²) in [5.74, 6) is -0.294. The summed E-state index contributed by atoms with van der Waals surface area (Å²) in [5, 5.41) is 18.4. The van der Waals surface area contributed by atoms with Crippen molar-refractivity contribution in [3.8, 4) is 23.0 Å². The zero-order chi connectivity index (χ0) is 18.6. The Balaban J connectivity index is 1.36. The summed E-state index contributed by atoms with van der Waals surface area (Å²) < 4.78 is 20.3. The first-order chi connectivity index (χ1) is 13.2. The minimum absolute atomic E-state index is 0.00333. The Hall–Kier alpha value is -3.40. The standard InChI is InChI=1S/C17H13FN6O2S/c18-13-4-2-1-3-12(13)16(25)19-6-7-24-9-14(21-23-24)17-20-15(22-26-17)11-5-8-27-10-11/h1-5,8-10H,6-7H2,(H,19,25). The molecule has 136 valence electrons. The molecule has 3 aromatic heterocycles. The van der Waals surface area contributed by atoms with Crippen LogP contribution in [0, 0.1) is 5.82 Å². The summed E-state index contributed by atoms with van der Waals surface area (Å²) in [6.07, 6.45) is 1.64. The molecule has 3 heterocycles. The van der Waals surface area contributed by atoms with Crippen LogP contribution in [-0.2, 0) is 6.54 Å². The van der Waals surface area contributed by atoms with E-state index in [1.165, 1.54) is 22.9 Å². The van der Waals surface area contributed by atoms with Crippen LogP contribution in [0.5, 0.6) is 0 Å². The fourth-order valence-corrected chi connectivity index (χ4v) is 3.00. The fraction of sp³-hybridized carbons (Fsp3) is 0.118. The Morgan fingerprint density at radius 1 is 1.30 bits per heavy atom. The van der Waals surface area contributed by atoms with Gasteiger partial charge in [0.25, 0.3) is 11.8 Å². The van der Waals surface area contributed by atoms with E-state index >= 15 is 0 Å². The van der Waals surface area contributed by atoms with E-state index in [1.54, 1.807) is 23.6 Å². The maximum absolute atomic E-state index is 13.6. The number of rotatable bonds is 6. The number of hydrogen-bond acceptors (Lipinski definition) is 7. The highest BCUT2D eigenvalue weighted by atomic mass is 32.1. The van der Waals surface area contributed by atoms with Crippen LogP contribution in [0.25, 0.3) is 23.0 Å². The van der Waals surface area contributed by atoms with E-state index < -0.39 is 11.7 Å². The zero-order valence-electron chi connectivity index (χ0n) is 13.9. The third kappa shape index (κ3) is 3.75. The van der Waals surface area contributed by atoms with E-state index in [9.17, 15) is 9.18 Å². The van der Waals surface area contributed by atoms with Crippen molar-refractivity contribution in [3.05, 3.63) is 58.7 Å². The molecule has 0 aliphatic rings. The fourth-order valence-electron chi connectivity index (χ4n) is 2.37. The van der Waals surface area contributed by atoms with Gasteiger partial charge in [0.05, 0.1) is 18.3 Å². The molecule has 0 aliphatic carbocycles. The number of carbonyl (C=O) groups excluding carboxylic acids is 1. The molecule has 0 unspecified atom stereocenters. The van der Waals surface area contributed by atoms with Crippen LogP contribution in [0.3, 0.4) is 0 Å². The predicted molar refractivity (Wildman–Crippen MR) is 95.4 cm³/mol. The molecule has 1 amide bonds. The van der Waals surface area contributed by atoms with E-state index in [4.69, 9.17) is 4.52 Å². The number of aromatic nitrogens is 5. The highest BCUT2D eigenvalue weighted by Crippen LogP contribution is 2.22. The van der Waals surface area contributed by atoms with Gasteiger partial charge in [-0.2, -0.15) is 16.3 Å². The molecule has 4 rings (SSSR count). The number of thiophene rings is 1. The number of amides is 1. The van der Waals surface area contributed by atoms with Crippen molar-refractivity contribution >= 4 is 17.2 Å². The van der Waals surface area contributed by atoms with Gasteiger partial charge in [0.15, 0.2) is 5.69 Å². The van der Waals surface area contributed by atoms with E-state index in [0.717, 1.165) is 5.56 Å². The Morgan fingerprint density at radius 3 is 3.00 bits per heavy atom. The van der Waals surface area contributed by atoms with Crippen molar-refractivity contribution in [2.75, 3.05) is 6.54 Å². The number of halogens is 1. The maximum Gasteiger partial charge on any atom is 0.280 e. The molecule has 0 aliphatic heterocycles. The van der Waals surface area contributed by atoms with Gasteiger partial charge in [0.2, 0.25) is 5.82 Å². The van der Waals surface area contributed by atoms with Crippen molar-refractivity contribution < 1.29 is 13.7 Å². The van der Waals surface area contributed by atoms with Gasteiger partial charge in [-0.05, 0) is 23.6 Å². The van der Waals surface area contributed by atoms with Crippen LogP contribution in [0.4, 0.5) is 4.39 Å². The monoisotopic (exact) mass is 384 g/mol. The Bertz CT molecular complexity index is 1060. The summed E-state index contributed by atoms with van der Waals surface area (Å²) in [7, 11) is 0. The molecule has 0 fully saturated rings. The number of carbonyl (C=O) groups is 1. The van der Waals surface area contributed by atoms with Crippen LogP contribution < -0.4 is 5.32 Å². The molecule has 0 atom stereocenters. The van der Waals surface area contributed by atoms with Crippen molar-refractivity contribution in [2.24, 2.45) is 0 Å². The molecule has 1 aromatic carbocycles. The molecule has 0 spiro atoms. The topological polar surface area (TPSA) is 98.7 Å². The van der Waals surface area contributed by atoms with Crippen LogP contribution in [0.2, 0.25) is 0 Å². The van der Waals surface area contributed by atoms with E-state index in [-0.39, 0.29) is 18.0 Å². The van der Waals surface area contributed by atoms with E-state index in [2.05, 4.69) is 25.8 Å². The molecular formula is C17H13FN6O2S. The van der Waals surface area contributed by atoms with Gasteiger partial charge in [-0.1, -0.05) is 22.5 Å². The Morgan fingerprint density at radius 2 is 2.19 bits per heavy atom. The van der Waals surface area contributed by atoms with Crippen molar-refractivity contribution in [3.63, 3.8) is 0 Å². The van der Waals surface area contributed by atoms with Gasteiger partial charge in [0, 0.05) is 17.5 Å². The summed E-state index contributed by atoms with van der Waals surface area (Å²) in [6, 6.07) is 7.71. The Labute approximate surface area is 156 Å². The van der Waals surface area contributed by atoms with Gasteiger partial charge >= 0.3 is 0 Å². The maximum atomic E-state index is 13.6. The molecule has 0 saturated carbocycles. The first-order valence-corrected chi connectivity index (χ1v) is 8.94. The lowest BCUT2D eigenvalue weighted by Crippen LogP contribution is -2.28. The normalized spacial score (nSPS) is 10.9. The lowest BCUT2D eigenvalue weighted by atomic mass is 10.2. The van der Waals surface area contributed by atoms with Gasteiger partial charge in [-0.15, -0.1) is 5.10 Å². The minimum Gasteiger partial charge on any atom is -0.350 e. The van der Waals surface area contributed by atoms with Crippen molar-refractivity contribution in [1.29, 1.82) is 0 Å². The second-order valence-electron chi connectivity index (χ2n) is 5.54. The largest absolute Gasteiger partial charge is 0.350 e. The van der Waals surface area contributed by atoms with Gasteiger partial charge in [0.1, 0.15) is 5.82 Å². The highest BCUT2D eigenvalue weighted by molar-refractivity contribution is 7.08. The third-order valence-corrected chi connectivity index (χ3v) is 4.39. The third-order valence-electron chi connectivity index (χ3n) is 3.71. The van der Waals surface area contributed by atoms with Gasteiger partial charge in [-0.25, -0.2) is 9.07 Å². The SMILES string of the molecule is O=C(NCCn1cc(-c2nc(-c3ccsc3)no2)nn1)c1ccccc1F. The molecule has 0 bridgehead atoms. The molecule has 0 radical (unpaired) electrons. The molecule has 4 aromatic rings. The molecule has 8 nitrogen and oxygen atoms in total. The predicted octanol–water partition coefficient (Wildman–Crippen LogP) is 2.63. The minimum atomic E-state index is -0.559. The molecule has 27 heavy (non-hydrogen) atoms. The molecule has 0 saturated heterocycles. The van der Waals surface area contributed by atoms with Crippen LogP contribution in [0.1, 0.15) is 10.4 Å². The second-order valence-corrected chi connectivity index (χ2v) is 6.32. The Kier molecular flexibility index (Phi) is 4.71. The van der Waals surface area contributed by atoms with Crippen LogP contribution in [-0.4, -0.2) is 37.6 Å². The van der Waals surface area contributed by atoms with Crippen molar-refractivity contribution in [1.82, 2.24) is 30.5 Å². The first kappa shape index (κ1) is 17.0. The lowest BCUT2D eigenvalue weighted by molar-refractivity contribution is 0.0948. The number of benzene rings is 1. The van der Waals surface area contributed by atoms with Crippen molar-refractivity contribution in [2.45, 2.75) is 6.54 Å². The average molecular weight is 384 g/mol. The number of hydrogen-bond donors (Lipinski definition) is 1. The second kappa shape index (κ2) is 7.46. The van der Waals surface area contributed by atoms with Gasteiger partial charge < -0.3 is 9.84 Å². The number of nitrogens with one attached hydrogen (secondary N) is 1. The molecular weight excluding hydrogens is 371 g/mol. The summed E-state index contributed by atoms with van der Waals surface area (Å²) in [6.45, 7) is 0.624. The van der Waals surface area contributed by atoms with Crippen LogP contribution >= 0.6 is 11.3 Å². The molecule has 10 heteroatoms.